The highest BCUT2D eigenvalue weighted by Gasteiger charge is 2.14. The molecule has 0 heterocycles. The molecule has 0 aliphatic carbocycles. The summed E-state index contributed by atoms with van der Waals surface area (Å²) in [4.78, 5) is 26.6. The lowest BCUT2D eigenvalue weighted by molar-refractivity contribution is -0.141. The van der Waals surface area contributed by atoms with E-state index in [1.54, 1.807) is 0 Å². The molecule has 0 aliphatic rings. The fourth-order valence-electron chi connectivity index (χ4n) is 1.56. The van der Waals surface area contributed by atoms with Gasteiger partial charge in [0.05, 0.1) is 5.71 Å². The summed E-state index contributed by atoms with van der Waals surface area (Å²) in [6.45, 7) is 2.41. The second-order valence-electron chi connectivity index (χ2n) is 4.15. The van der Waals surface area contributed by atoms with Crippen molar-refractivity contribution in [3.63, 3.8) is 0 Å². The van der Waals surface area contributed by atoms with Gasteiger partial charge in [0.1, 0.15) is 11.6 Å². The molecule has 1 aromatic rings. The van der Waals surface area contributed by atoms with E-state index in [1.807, 2.05) is 0 Å². The van der Waals surface area contributed by atoms with Gasteiger partial charge in [-0.2, -0.15) is 0 Å². The number of hydrogen-bond acceptors (Lipinski definition) is 5. The zero-order chi connectivity index (χ0) is 15.8. The van der Waals surface area contributed by atoms with Crippen LogP contribution < -0.4 is 4.74 Å². The first-order valence-corrected chi connectivity index (χ1v) is 6.76. The minimum atomic E-state index is -0.592. The number of oxime groups is 1. The molecule has 0 aliphatic heterocycles. The van der Waals surface area contributed by atoms with Crippen LogP contribution in [0, 0.1) is 5.82 Å². The van der Waals surface area contributed by atoms with Gasteiger partial charge in [-0.1, -0.05) is 5.16 Å². The zero-order valence-electron chi connectivity index (χ0n) is 11.7. The number of alkyl halides is 1. The van der Waals surface area contributed by atoms with Crippen molar-refractivity contribution in [2.45, 2.75) is 26.7 Å². The summed E-state index contributed by atoms with van der Waals surface area (Å²) in [6.07, 6.45) is 0.954. The summed E-state index contributed by atoms with van der Waals surface area (Å²) in [6, 6.07) is 3.68. The van der Waals surface area contributed by atoms with Gasteiger partial charge in [-0.15, -0.1) is 11.6 Å². The van der Waals surface area contributed by atoms with E-state index in [0.717, 1.165) is 6.07 Å². The molecule has 0 fully saturated rings. The Morgan fingerprint density at radius 3 is 2.57 bits per heavy atom. The average Bonchev–Trinajstić information content (AvgIpc) is 2.39. The van der Waals surface area contributed by atoms with Gasteiger partial charge >= 0.3 is 11.9 Å². The van der Waals surface area contributed by atoms with E-state index < -0.39 is 17.8 Å². The quantitative estimate of drug-likeness (QED) is 0.202. The second kappa shape index (κ2) is 8.36. The summed E-state index contributed by atoms with van der Waals surface area (Å²) < 4.78 is 18.3. The molecule has 0 bridgehead atoms. The number of ether oxygens (including phenoxy) is 1. The van der Waals surface area contributed by atoms with Crippen molar-refractivity contribution in [3.8, 4) is 5.75 Å². The molecule has 114 valence electrons. The van der Waals surface area contributed by atoms with E-state index in [-0.39, 0.29) is 5.75 Å². The molecule has 21 heavy (non-hydrogen) atoms. The Morgan fingerprint density at radius 1 is 1.29 bits per heavy atom. The van der Waals surface area contributed by atoms with Crippen LogP contribution in [0.3, 0.4) is 0 Å². The largest absolute Gasteiger partial charge is 0.426 e. The lowest BCUT2D eigenvalue weighted by Gasteiger charge is -2.11. The Labute approximate surface area is 126 Å². The maximum Gasteiger partial charge on any atom is 0.331 e. The van der Waals surface area contributed by atoms with Gasteiger partial charge < -0.3 is 9.57 Å². The van der Waals surface area contributed by atoms with Gasteiger partial charge in [0.15, 0.2) is 0 Å². The molecule has 0 amide bonds. The van der Waals surface area contributed by atoms with Crippen molar-refractivity contribution < 1.29 is 23.6 Å². The number of carbonyl (C=O) groups excluding carboxylic acids is 2. The molecule has 0 aromatic heterocycles. The Kier molecular flexibility index (Phi) is 6.81. The van der Waals surface area contributed by atoms with E-state index in [4.69, 9.17) is 16.3 Å². The predicted molar refractivity (Wildman–Crippen MR) is 76.0 cm³/mol. The third kappa shape index (κ3) is 5.91. The molecule has 7 heteroatoms. The molecule has 0 radical (unpaired) electrons. The molecule has 5 nitrogen and oxygen atoms in total. The number of rotatable bonds is 6. The summed E-state index contributed by atoms with van der Waals surface area (Å²) in [5.74, 6) is -1.34. The summed E-state index contributed by atoms with van der Waals surface area (Å²) in [5.41, 5.74) is 0.722. The van der Waals surface area contributed by atoms with Crippen LogP contribution in [0.2, 0.25) is 0 Å². The van der Waals surface area contributed by atoms with Crippen LogP contribution in [0.1, 0.15) is 32.3 Å². The van der Waals surface area contributed by atoms with Crippen LogP contribution in [0.25, 0.3) is 0 Å². The molecular weight excluding hydrogens is 301 g/mol. The Morgan fingerprint density at radius 2 is 2.00 bits per heavy atom. The van der Waals surface area contributed by atoms with Crippen LogP contribution in [-0.2, 0) is 14.4 Å². The van der Waals surface area contributed by atoms with Crippen molar-refractivity contribution in [3.05, 3.63) is 29.6 Å². The minimum absolute atomic E-state index is 0.0166. The summed E-state index contributed by atoms with van der Waals surface area (Å²) >= 11 is 5.64. The Bertz CT molecular complexity index is 560. The van der Waals surface area contributed by atoms with E-state index in [1.165, 1.54) is 26.0 Å². The highest BCUT2D eigenvalue weighted by atomic mass is 35.5. The van der Waals surface area contributed by atoms with Crippen molar-refractivity contribution >= 4 is 29.3 Å². The summed E-state index contributed by atoms with van der Waals surface area (Å²) in [7, 11) is 0. The fourth-order valence-corrected chi connectivity index (χ4v) is 1.69. The third-order valence-electron chi connectivity index (χ3n) is 2.34. The molecule has 1 aromatic carbocycles. The van der Waals surface area contributed by atoms with Crippen molar-refractivity contribution in [1.82, 2.24) is 0 Å². The van der Waals surface area contributed by atoms with E-state index in [2.05, 4.69) is 9.99 Å². The first-order chi connectivity index (χ1) is 9.93. The number of hydrogen-bond donors (Lipinski definition) is 0. The van der Waals surface area contributed by atoms with Crippen molar-refractivity contribution in [2.24, 2.45) is 5.16 Å². The second-order valence-corrected chi connectivity index (χ2v) is 4.53. The fraction of sp³-hybridized carbons (Fsp3) is 0.357. The van der Waals surface area contributed by atoms with Gasteiger partial charge in [0.25, 0.3) is 0 Å². The standard InChI is InChI=1S/C14H15ClFNO4/c1-9(18)20-14-8-11(16)5-6-12(14)13(4-3-7-15)17-21-10(2)19/h5-6,8H,3-4,7H2,1-2H3/b17-13+. The first-order valence-electron chi connectivity index (χ1n) is 6.22. The number of benzene rings is 1. The average molecular weight is 316 g/mol. The number of halogens is 2. The lowest BCUT2D eigenvalue weighted by Crippen LogP contribution is -2.10. The molecule has 0 saturated carbocycles. The van der Waals surface area contributed by atoms with E-state index in [9.17, 15) is 14.0 Å². The van der Waals surface area contributed by atoms with Crippen LogP contribution in [0.5, 0.6) is 5.75 Å². The van der Waals surface area contributed by atoms with E-state index >= 15 is 0 Å². The van der Waals surface area contributed by atoms with Crippen LogP contribution in [-0.4, -0.2) is 23.5 Å². The van der Waals surface area contributed by atoms with Gasteiger partial charge in [0, 0.05) is 31.4 Å². The van der Waals surface area contributed by atoms with Crippen LogP contribution in [0.15, 0.2) is 23.4 Å². The number of esters is 1. The van der Waals surface area contributed by atoms with Crippen LogP contribution >= 0.6 is 11.6 Å². The SMILES string of the molecule is CC(=O)O/N=C(\CCCCl)c1ccc(F)cc1OC(C)=O. The Balaban J connectivity index is 3.18. The van der Waals surface area contributed by atoms with Gasteiger partial charge in [0.2, 0.25) is 0 Å². The molecule has 0 N–H and O–H groups in total. The molecule has 0 spiro atoms. The molecule has 0 saturated heterocycles. The highest BCUT2D eigenvalue weighted by molar-refractivity contribution is 6.18. The smallest absolute Gasteiger partial charge is 0.331 e. The van der Waals surface area contributed by atoms with Crippen molar-refractivity contribution in [2.75, 3.05) is 5.88 Å². The normalized spacial score (nSPS) is 11.1. The number of nitrogens with zero attached hydrogens (tertiary/aromatic N) is 1. The molecular formula is C14H15ClFNO4. The number of carbonyl (C=O) groups is 2. The lowest BCUT2D eigenvalue weighted by atomic mass is 10.0. The monoisotopic (exact) mass is 315 g/mol. The maximum atomic E-state index is 13.3. The van der Waals surface area contributed by atoms with E-state index in [0.29, 0.717) is 30.0 Å². The highest BCUT2D eigenvalue weighted by Crippen LogP contribution is 2.23. The van der Waals surface area contributed by atoms with Crippen LogP contribution in [0.4, 0.5) is 4.39 Å². The predicted octanol–water partition coefficient (Wildman–Crippen LogP) is 3.04. The third-order valence-corrected chi connectivity index (χ3v) is 2.61. The molecule has 0 unspecified atom stereocenters. The van der Waals surface area contributed by atoms with Gasteiger partial charge in [-0.05, 0) is 25.0 Å². The molecule has 1 rings (SSSR count). The van der Waals surface area contributed by atoms with Gasteiger partial charge in [-0.25, -0.2) is 9.18 Å². The first kappa shape index (κ1) is 17.1. The Hall–Kier alpha value is -1.95. The topological polar surface area (TPSA) is 65.0 Å². The van der Waals surface area contributed by atoms with Gasteiger partial charge in [-0.3, -0.25) is 4.79 Å². The molecule has 0 atom stereocenters. The summed E-state index contributed by atoms with van der Waals surface area (Å²) in [5, 5.41) is 3.72. The zero-order valence-corrected chi connectivity index (χ0v) is 12.4. The minimum Gasteiger partial charge on any atom is -0.426 e. The van der Waals surface area contributed by atoms with Crippen molar-refractivity contribution in [1.29, 1.82) is 0 Å². The maximum absolute atomic E-state index is 13.3.